The minimum atomic E-state index is -0.217. The van der Waals surface area contributed by atoms with Gasteiger partial charge < -0.3 is 0 Å². The molecule has 3 nitrogen and oxygen atoms in total. The van der Waals surface area contributed by atoms with Gasteiger partial charge in [0.2, 0.25) is 0 Å². The number of hydrazone groups is 1. The summed E-state index contributed by atoms with van der Waals surface area (Å²) in [4.78, 5) is 12.3. The molecule has 0 unspecified atom stereocenters. The van der Waals surface area contributed by atoms with Crippen molar-refractivity contribution in [3.63, 3.8) is 0 Å². The van der Waals surface area contributed by atoms with Gasteiger partial charge in [-0.05, 0) is 34.5 Å². The lowest BCUT2D eigenvalue weighted by molar-refractivity contribution is 0.0957. The first-order chi connectivity index (χ1) is 10.7. The molecular weight excluding hydrogens is 340 g/mol. The van der Waals surface area contributed by atoms with Gasteiger partial charge in [0.05, 0.1) is 6.21 Å². The number of hydrogen-bond acceptors (Lipinski definition) is 2. The zero-order valence-electron chi connectivity index (χ0n) is 11.7. The molecule has 22 heavy (non-hydrogen) atoms. The summed E-state index contributed by atoms with van der Waals surface area (Å²) in [5.74, 6) is -0.217. The topological polar surface area (TPSA) is 41.5 Å². The molecule has 0 saturated heterocycles. The Kier molecular flexibility index (Phi) is 4.30. The molecule has 3 aromatic rings. The number of halogens is 1. The van der Waals surface area contributed by atoms with Crippen LogP contribution >= 0.6 is 15.9 Å². The molecule has 1 N–H and O–H groups in total. The Balaban J connectivity index is 1.77. The van der Waals surface area contributed by atoms with Crippen LogP contribution in [0.5, 0.6) is 0 Å². The average molecular weight is 353 g/mol. The Morgan fingerprint density at radius 1 is 0.955 bits per heavy atom. The van der Waals surface area contributed by atoms with Crippen LogP contribution in [-0.2, 0) is 0 Å². The number of carbonyl (C=O) groups excluding carboxylic acids is 1. The van der Waals surface area contributed by atoms with E-state index in [9.17, 15) is 4.79 Å². The van der Waals surface area contributed by atoms with E-state index in [2.05, 4.69) is 26.5 Å². The number of hydrogen-bond donors (Lipinski definition) is 1. The molecular formula is C18H13BrN2O. The summed E-state index contributed by atoms with van der Waals surface area (Å²) in [6.45, 7) is 0. The highest BCUT2D eigenvalue weighted by Crippen LogP contribution is 2.18. The van der Waals surface area contributed by atoms with Gasteiger partial charge in [-0.3, -0.25) is 4.79 Å². The van der Waals surface area contributed by atoms with Crippen LogP contribution < -0.4 is 5.43 Å². The number of benzene rings is 3. The van der Waals surface area contributed by atoms with Crippen molar-refractivity contribution in [3.05, 3.63) is 82.3 Å². The Hall–Kier alpha value is -2.46. The first-order valence-corrected chi connectivity index (χ1v) is 7.60. The van der Waals surface area contributed by atoms with Gasteiger partial charge in [-0.1, -0.05) is 64.5 Å². The van der Waals surface area contributed by atoms with Gasteiger partial charge in [0, 0.05) is 10.0 Å². The van der Waals surface area contributed by atoms with E-state index in [0.29, 0.717) is 5.56 Å². The molecule has 0 saturated carbocycles. The smallest absolute Gasteiger partial charge is 0.267 e. The van der Waals surface area contributed by atoms with Gasteiger partial charge in [-0.2, -0.15) is 5.10 Å². The second-order valence-corrected chi connectivity index (χ2v) is 5.69. The Labute approximate surface area is 136 Å². The van der Waals surface area contributed by atoms with E-state index in [0.717, 1.165) is 20.8 Å². The van der Waals surface area contributed by atoms with E-state index in [1.54, 1.807) is 12.3 Å². The van der Waals surface area contributed by atoms with Crippen LogP contribution in [0.1, 0.15) is 15.9 Å². The predicted molar refractivity (Wildman–Crippen MR) is 93.2 cm³/mol. The van der Waals surface area contributed by atoms with Gasteiger partial charge in [0.15, 0.2) is 0 Å². The van der Waals surface area contributed by atoms with Crippen molar-refractivity contribution in [3.8, 4) is 0 Å². The largest absolute Gasteiger partial charge is 0.271 e. The molecule has 1 amide bonds. The zero-order chi connectivity index (χ0) is 15.4. The lowest BCUT2D eigenvalue weighted by atomic mass is 10.0. The van der Waals surface area contributed by atoms with Gasteiger partial charge >= 0.3 is 0 Å². The van der Waals surface area contributed by atoms with Gasteiger partial charge in [-0.15, -0.1) is 0 Å². The van der Waals surface area contributed by atoms with Crippen LogP contribution in [0.4, 0.5) is 0 Å². The lowest BCUT2D eigenvalue weighted by Crippen LogP contribution is -2.17. The molecule has 3 aromatic carbocycles. The van der Waals surface area contributed by atoms with Crippen LogP contribution in [-0.4, -0.2) is 12.1 Å². The van der Waals surface area contributed by atoms with E-state index in [1.807, 2.05) is 60.7 Å². The maximum absolute atomic E-state index is 12.3. The molecule has 0 atom stereocenters. The third-order valence-corrected chi connectivity index (χ3v) is 3.81. The molecule has 0 spiro atoms. The molecule has 0 fully saturated rings. The molecule has 4 heteroatoms. The summed E-state index contributed by atoms with van der Waals surface area (Å²) in [7, 11) is 0. The molecule has 0 aliphatic heterocycles. The first-order valence-electron chi connectivity index (χ1n) is 6.81. The fourth-order valence-electron chi connectivity index (χ4n) is 2.20. The standard InChI is InChI=1S/C18H13BrN2O/c19-15-10-8-13(9-11-15)12-20-21-18(22)17-7-3-5-14-4-1-2-6-16(14)17/h1-12H,(H,21,22). The maximum Gasteiger partial charge on any atom is 0.271 e. The summed E-state index contributed by atoms with van der Waals surface area (Å²) in [5.41, 5.74) is 4.11. The molecule has 0 aliphatic carbocycles. The van der Waals surface area contributed by atoms with E-state index < -0.39 is 0 Å². The normalized spacial score (nSPS) is 11.0. The number of nitrogens with zero attached hydrogens (tertiary/aromatic N) is 1. The Bertz CT molecular complexity index is 836. The fraction of sp³-hybridized carbons (Fsp3) is 0. The second-order valence-electron chi connectivity index (χ2n) is 4.78. The SMILES string of the molecule is O=C(NN=Cc1ccc(Br)cc1)c1cccc2ccccc12. The van der Waals surface area contributed by atoms with Crippen molar-refractivity contribution in [2.45, 2.75) is 0 Å². The summed E-state index contributed by atoms with van der Waals surface area (Å²) in [6, 6.07) is 21.1. The zero-order valence-corrected chi connectivity index (χ0v) is 13.2. The second kappa shape index (κ2) is 6.54. The summed E-state index contributed by atoms with van der Waals surface area (Å²) < 4.78 is 1.00. The average Bonchev–Trinajstić information content (AvgIpc) is 2.56. The van der Waals surface area contributed by atoms with Gasteiger partial charge in [0.1, 0.15) is 0 Å². The number of amides is 1. The van der Waals surface area contributed by atoms with Crippen molar-refractivity contribution in [2.75, 3.05) is 0 Å². The Morgan fingerprint density at radius 3 is 2.50 bits per heavy atom. The number of nitrogens with one attached hydrogen (secondary N) is 1. The van der Waals surface area contributed by atoms with E-state index in [-0.39, 0.29) is 5.91 Å². The highest BCUT2D eigenvalue weighted by Gasteiger charge is 2.08. The molecule has 108 valence electrons. The monoisotopic (exact) mass is 352 g/mol. The minimum Gasteiger partial charge on any atom is -0.267 e. The summed E-state index contributed by atoms with van der Waals surface area (Å²) in [6.07, 6.45) is 1.62. The predicted octanol–water partition coefficient (Wildman–Crippen LogP) is 4.37. The third kappa shape index (κ3) is 3.23. The van der Waals surface area contributed by atoms with E-state index in [1.165, 1.54) is 0 Å². The van der Waals surface area contributed by atoms with Gasteiger partial charge in [-0.25, -0.2) is 5.43 Å². The Morgan fingerprint density at radius 2 is 1.68 bits per heavy atom. The van der Waals surface area contributed by atoms with Crippen LogP contribution in [0.25, 0.3) is 10.8 Å². The summed E-state index contributed by atoms with van der Waals surface area (Å²) in [5, 5.41) is 5.97. The number of rotatable bonds is 3. The van der Waals surface area contributed by atoms with Crippen molar-refractivity contribution in [2.24, 2.45) is 5.10 Å². The minimum absolute atomic E-state index is 0.217. The number of carbonyl (C=O) groups is 1. The molecule has 0 aromatic heterocycles. The quantitative estimate of drug-likeness (QED) is 0.552. The van der Waals surface area contributed by atoms with Crippen molar-refractivity contribution >= 4 is 38.8 Å². The number of fused-ring (bicyclic) bond motifs is 1. The molecule has 3 rings (SSSR count). The third-order valence-electron chi connectivity index (χ3n) is 3.28. The molecule has 0 heterocycles. The molecule has 0 aliphatic rings. The van der Waals surface area contributed by atoms with Crippen LogP contribution in [0.3, 0.4) is 0 Å². The molecule has 0 radical (unpaired) electrons. The van der Waals surface area contributed by atoms with E-state index in [4.69, 9.17) is 0 Å². The van der Waals surface area contributed by atoms with Crippen LogP contribution in [0.2, 0.25) is 0 Å². The van der Waals surface area contributed by atoms with Crippen molar-refractivity contribution in [1.29, 1.82) is 0 Å². The fourth-order valence-corrected chi connectivity index (χ4v) is 2.46. The molecule has 0 bridgehead atoms. The highest BCUT2D eigenvalue weighted by atomic mass is 79.9. The lowest BCUT2D eigenvalue weighted by Gasteiger charge is -2.04. The van der Waals surface area contributed by atoms with Crippen LogP contribution in [0, 0.1) is 0 Å². The maximum atomic E-state index is 12.3. The van der Waals surface area contributed by atoms with Crippen molar-refractivity contribution in [1.82, 2.24) is 5.43 Å². The first kappa shape index (κ1) is 14.5. The summed E-state index contributed by atoms with van der Waals surface area (Å²) >= 11 is 3.38. The van der Waals surface area contributed by atoms with Gasteiger partial charge in [0.25, 0.3) is 5.91 Å². The van der Waals surface area contributed by atoms with Crippen LogP contribution in [0.15, 0.2) is 76.3 Å². The van der Waals surface area contributed by atoms with Crippen molar-refractivity contribution < 1.29 is 4.79 Å². The highest BCUT2D eigenvalue weighted by molar-refractivity contribution is 9.10. The van der Waals surface area contributed by atoms with E-state index >= 15 is 0 Å².